The number of halogens is 1. The summed E-state index contributed by atoms with van der Waals surface area (Å²) in [5.74, 6) is 0. The van der Waals surface area contributed by atoms with Crippen LogP contribution in [0.5, 0.6) is 0 Å². The Morgan fingerprint density at radius 3 is 3.08 bits per heavy atom. The third-order valence-electron chi connectivity index (χ3n) is 2.36. The van der Waals surface area contributed by atoms with Crippen molar-refractivity contribution < 1.29 is 9.68 Å². The van der Waals surface area contributed by atoms with Crippen molar-refractivity contribution in [1.82, 2.24) is 0 Å². The lowest BCUT2D eigenvalue weighted by molar-refractivity contribution is 0.275. The molecule has 68 valence electrons. The molecule has 2 rings (SSSR count). The molecule has 0 radical (unpaired) electrons. The second-order valence-electron chi connectivity index (χ2n) is 3.13. The van der Waals surface area contributed by atoms with E-state index in [1.807, 2.05) is 6.92 Å². The maximum Gasteiger partial charge on any atom is 0.492 e. The van der Waals surface area contributed by atoms with Crippen molar-refractivity contribution in [3.05, 3.63) is 22.2 Å². The van der Waals surface area contributed by atoms with Crippen LogP contribution in [0.3, 0.4) is 0 Å². The van der Waals surface area contributed by atoms with Gasteiger partial charge in [-0.2, -0.15) is 0 Å². The number of fused-ring (bicyclic) bond motifs is 1. The molecule has 1 aromatic carbocycles. The largest absolute Gasteiger partial charge is 0.492 e. The standard InChI is InChI=1S/C8H9BClNO2/c1-4-7-5(3-13-9(7)12)2-6(10)8(4)11/h2,12H,3,11H2,1H3. The molecule has 1 aromatic rings. The van der Waals surface area contributed by atoms with Gasteiger partial charge in [-0.1, -0.05) is 11.6 Å². The Labute approximate surface area is 81.6 Å². The van der Waals surface area contributed by atoms with Gasteiger partial charge in [0.1, 0.15) is 0 Å². The van der Waals surface area contributed by atoms with Crippen LogP contribution in [0.15, 0.2) is 6.07 Å². The van der Waals surface area contributed by atoms with E-state index in [0.29, 0.717) is 17.3 Å². The van der Waals surface area contributed by atoms with Crippen LogP contribution >= 0.6 is 11.6 Å². The van der Waals surface area contributed by atoms with Crippen LogP contribution < -0.4 is 11.2 Å². The first-order valence-corrected chi connectivity index (χ1v) is 4.36. The van der Waals surface area contributed by atoms with E-state index in [9.17, 15) is 5.02 Å². The SMILES string of the molecule is Cc1c(N)c(Cl)cc2c1B(O)OC2. The van der Waals surface area contributed by atoms with E-state index in [-0.39, 0.29) is 0 Å². The van der Waals surface area contributed by atoms with E-state index in [4.69, 9.17) is 22.0 Å². The predicted octanol–water partition coefficient (Wildman–Crippen LogP) is 0.448. The fraction of sp³-hybridized carbons (Fsp3) is 0.250. The van der Waals surface area contributed by atoms with Gasteiger partial charge < -0.3 is 15.4 Å². The summed E-state index contributed by atoms with van der Waals surface area (Å²) in [4.78, 5) is 0. The third kappa shape index (κ3) is 1.22. The molecule has 0 aromatic heterocycles. The minimum absolute atomic E-state index is 0.400. The van der Waals surface area contributed by atoms with E-state index in [1.165, 1.54) is 0 Å². The Hall–Kier alpha value is -0.705. The number of hydrogen-bond donors (Lipinski definition) is 2. The van der Waals surface area contributed by atoms with E-state index >= 15 is 0 Å². The molecule has 0 saturated carbocycles. The van der Waals surface area contributed by atoms with Gasteiger partial charge >= 0.3 is 7.12 Å². The van der Waals surface area contributed by atoms with Gasteiger partial charge in [-0.3, -0.25) is 0 Å². The van der Waals surface area contributed by atoms with E-state index in [2.05, 4.69) is 0 Å². The van der Waals surface area contributed by atoms with Gasteiger partial charge in [0.2, 0.25) is 0 Å². The lowest BCUT2D eigenvalue weighted by atomic mass is 9.76. The van der Waals surface area contributed by atoms with Crippen molar-refractivity contribution in [3.63, 3.8) is 0 Å². The fourth-order valence-corrected chi connectivity index (χ4v) is 1.86. The Balaban J connectivity index is 2.68. The second-order valence-corrected chi connectivity index (χ2v) is 3.54. The fourth-order valence-electron chi connectivity index (χ4n) is 1.59. The van der Waals surface area contributed by atoms with Crippen molar-refractivity contribution in [2.75, 3.05) is 5.73 Å². The predicted molar refractivity (Wildman–Crippen MR) is 53.0 cm³/mol. The molecule has 0 unspecified atom stereocenters. The minimum atomic E-state index is -0.852. The van der Waals surface area contributed by atoms with Gasteiger partial charge in [0.05, 0.1) is 17.3 Å². The molecule has 3 N–H and O–H groups in total. The van der Waals surface area contributed by atoms with Crippen molar-refractivity contribution in [2.45, 2.75) is 13.5 Å². The van der Waals surface area contributed by atoms with Crippen molar-refractivity contribution >= 4 is 29.9 Å². The van der Waals surface area contributed by atoms with E-state index < -0.39 is 7.12 Å². The molecule has 1 heterocycles. The molecule has 0 atom stereocenters. The van der Waals surface area contributed by atoms with Crippen LogP contribution in [0.4, 0.5) is 5.69 Å². The van der Waals surface area contributed by atoms with Crippen LogP contribution in [0.2, 0.25) is 5.02 Å². The highest BCUT2D eigenvalue weighted by Gasteiger charge is 2.30. The Morgan fingerprint density at radius 1 is 1.69 bits per heavy atom. The lowest BCUT2D eigenvalue weighted by Gasteiger charge is -2.08. The molecule has 1 aliphatic rings. The number of nitrogens with two attached hydrogens (primary N) is 1. The van der Waals surface area contributed by atoms with Crippen LogP contribution in [-0.4, -0.2) is 12.1 Å². The first-order valence-electron chi connectivity index (χ1n) is 3.98. The second kappa shape index (κ2) is 2.91. The minimum Gasteiger partial charge on any atom is -0.423 e. The number of anilines is 1. The molecular formula is C8H9BClNO2. The molecular weight excluding hydrogens is 188 g/mol. The summed E-state index contributed by atoms with van der Waals surface area (Å²) in [5.41, 5.74) is 8.74. The average Bonchev–Trinajstić information content (AvgIpc) is 2.43. The zero-order valence-corrected chi connectivity index (χ0v) is 7.93. The first-order chi connectivity index (χ1) is 6.11. The number of nitrogen functional groups attached to an aromatic ring is 1. The summed E-state index contributed by atoms with van der Waals surface area (Å²) < 4.78 is 5.06. The normalized spacial score (nSPS) is 14.8. The molecule has 3 nitrogen and oxygen atoms in total. The maximum atomic E-state index is 9.46. The van der Waals surface area contributed by atoms with Gasteiger partial charge in [0.15, 0.2) is 0 Å². The van der Waals surface area contributed by atoms with Crippen molar-refractivity contribution in [2.24, 2.45) is 0 Å². The number of benzene rings is 1. The zero-order chi connectivity index (χ0) is 9.59. The number of hydrogen-bond acceptors (Lipinski definition) is 3. The summed E-state index contributed by atoms with van der Waals surface area (Å²) in [6.45, 7) is 2.23. The lowest BCUT2D eigenvalue weighted by Crippen LogP contribution is -2.31. The smallest absolute Gasteiger partial charge is 0.423 e. The Morgan fingerprint density at radius 2 is 2.38 bits per heavy atom. The van der Waals surface area contributed by atoms with Gasteiger partial charge in [0, 0.05) is 0 Å². The molecule has 0 bridgehead atoms. The molecule has 0 aliphatic carbocycles. The van der Waals surface area contributed by atoms with Crippen molar-refractivity contribution in [1.29, 1.82) is 0 Å². The topological polar surface area (TPSA) is 55.5 Å². The Bertz CT molecular complexity index is 370. The summed E-state index contributed by atoms with van der Waals surface area (Å²) >= 11 is 5.88. The van der Waals surface area contributed by atoms with Gasteiger partial charge in [-0.05, 0) is 29.6 Å². The highest BCUT2D eigenvalue weighted by Crippen LogP contribution is 2.26. The summed E-state index contributed by atoms with van der Waals surface area (Å²) in [6, 6.07) is 1.75. The van der Waals surface area contributed by atoms with Crippen molar-refractivity contribution in [3.8, 4) is 0 Å². The van der Waals surface area contributed by atoms with Crippen LogP contribution in [0, 0.1) is 6.92 Å². The molecule has 0 spiro atoms. The summed E-state index contributed by atoms with van der Waals surface area (Å²) in [5, 5.41) is 9.98. The van der Waals surface area contributed by atoms with Crippen LogP contribution in [0.25, 0.3) is 0 Å². The molecule has 13 heavy (non-hydrogen) atoms. The van der Waals surface area contributed by atoms with Gasteiger partial charge in [-0.15, -0.1) is 0 Å². The van der Waals surface area contributed by atoms with Gasteiger partial charge in [0.25, 0.3) is 0 Å². The number of rotatable bonds is 0. The maximum absolute atomic E-state index is 9.46. The van der Waals surface area contributed by atoms with E-state index in [1.54, 1.807) is 6.07 Å². The average molecular weight is 197 g/mol. The highest BCUT2D eigenvalue weighted by atomic mass is 35.5. The van der Waals surface area contributed by atoms with Gasteiger partial charge in [-0.25, -0.2) is 0 Å². The quantitative estimate of drug-likeness (QED) is 0.469. The molecule has 0 fully saturated rings. The van der Waals surface area contributed by atoms with E-state index in [0.717, 1.165) is 16.6 Å². The highest BCUT2D eigenvalue weighted by molar-refractivity contribution is 6.62. The molecule has 0 amide bonds. The molecule has 0 saturated heterocycles. The van der Waals surface area contributed by atoms with Crippen LogP contribution in [-0.2, 0) is 11.3 Å². The van der Waals surface area contributed by atoms with Crippen LogP contribution in [0.1, 0.15) is 11.1 Å². The summed E-state index contributed by atoms with van der Waals surface area (Å²) in [7, 11) is -0.852. The monoisotopic (exact) mass is 197 g/mol. The molecule has 5 heteroatoms. The third-order valence-corrected chi connectivity index (χ3v) is 2.67. The molecule has 1 aliphatic heterocycles. The first kappa shape index (κ1) is 8.87. The Kier molecular flexibility index (Phi) is 1.98. The zero-order valence-electron chi connectivity index (χ0n) is 7.17. The summed E-state index contributed by atoms with van der Waals surface area (Å²) in [6.07, 6.45) is 0.